The molecule has 0 unspecified atom stereocenters. The lowest BCUT2D eigenvalue weighted by Crippen LogP contribution is -2.12. The van der Waals surface area contributed by atoms with E-state index in [1.165, 1.54) is 0 Å². The fourth-order valence-electron chi connectivity index (χ4n) is 3.26. The quantitative estimate of drug-likeness (QED) is 0.370. The van der Waals surface area contributed by atoms with Crippen LogP contribution in [0, 0.1) is 0 Å². The lowest BCUT2D eigenvalue weighted by molar-refractivity contribution is 0.0999. The van der Waals surface area contributed by atoms with E-state index >= 15 is 0 Å². The minimum Gasteiger partial charge on any atom is -0.493 e. The summed E-state index contributed by atoms with van der Waals surface area (Å²) in [7, 11) is 3.21. The summed E-state index contributed by atoms with van der Waals surface area (Å²) in [4.78, 5) is 12.5. The molecule has 7 nitrogen and oxygen atoms in total. The molecule has 4 N–H and O–H groups in total. The van der Waals surface area contributed by atoms with Crippen molar-refractivity contribution in [3.05, 3.63) is 78.1 Å². The van der Waals surface area contributed by atoms with Gasteiger partial charge in [-0.3, -0.25) is 4.79 Å². The van der Waals surface area contributed by atoms with Crippen LogP contribution in [-0.4, -0.2) is 20.1 Å². The minimum absolute atomic E-state index is 0.225. The van der Waals surface area contributed by atoms with Crippen LogP contribution in [0.5, 0.6) is 11.5 Å². The number of nitrogens with one attached hydrogen (secondary N) is 2. The highest BCUT2D eigenvalue weighted by molar-refractivity contribution is 6.06. The van der Waals surface area contributed by atoms with E-state index in [0.29, 0.717) is 35.0 Å². The van der Waals surface area contributed by atoms with Crippen molar-refractivity contribution in [3.8, 4) is 11.5 Å². The molecule has 1 amide bonds. The number of carbonyl (C=O) groups is 1. The number of hydrogen-bond acceptors (Lipinski definition) is 6. The molecule has 1 aromatic heterocycles. The van der Waals surface area contributed by atoms with E-state index < -0.39 is 0 Å². The first kappa shape index (κ1) is 20.2. The average molecular weight is 417 g/mol. The van der Waals surface area contributed by atoms with Gasteiger partial charge in [0, 0.05) is 23.7 Å². The maximum absolute atomic E-state index is 12.5. The van der Waals surface area contributed by atoms with E-state index in [2.05, 4.69) is 10.6 Å². The summed E-state index contributed by atoms with van der Waals surface area (Å²) in [5, 5.41) is 6.98. The van der Waals surface area contributed by atoms with Crippen molar-refractivity contribution in [1.29, 1.82) is 0 Å². The van der Waals surface area contributed by atoms with Gasteiger partial charge in [0.15, 0.2) is 17.3 Å². The summed E-state index contributed by atoms with van der Waals surface area (Å²) in [6.07, 6.45) is 0. The zero-order valence-electron chi connectivity index (χ0n) is 17.3. The zero-order valence-corrected chi connectivity index (χ0v) is 17.3. The molecule has 31 heavy (non-hydrogen) atoms. The SMILES string of the molecule is COc1ccc(NCc2ccc3oc(C(=O)Nc4ccccc4N)cc3c2)cc1OC. The molecule has 158 valence electrons. The van der Waals surface area contributed by atoms with E-state index in [0.717, 1.165) is 16.6 Å². The molecule has 4 aromatic rings. The van der Waals surface area contributed by atoms with Gasteiger partial charge in [0.2, 0.25) is 0 Å². The summed E-state index contributed by atoms with van der Waals surface area (Å²) in [6, 6.07) is 20.3. The van der Waals surface area contributed by atoms with Crippen molar-refractivity contribution in [1.82, 2.24) is 0 Å². The molecule has 0 saturated heterocycles. The second-order valence-electron chi connectivity index (χ2n) is 6.95. The number of benzene rings is 3. The van der Waals surface area contributed by atoms with Gasteiger partial charge >= 0.3 is 0 Å². The fraction of sp³-hybridized carbons (Fsp3) is 0.125. The molecule has 7 heteroatoms. The van der Waals surface area contributed by atoms with Crippen LogP contribution in [0.1, 0.15) is 16.1 Å². The number of rotatable bonds is 7. The smallest absolute Gasteiger partial charge is 0.291 e. The molecule has 0 aliphatic rings. The van der Waals surface area contributed by atoms with Crippen molar-refractivity contribution in [2.45, 2.75) is 6.54 Å². The van der Waals surface area contributed by atoms with Crippen LogP contribution in [0.2, 0.25) is 0 Å². The van der Waals surface area contributed by atoms with E-state index in [1.807, 2.05) is 48.5 Å². The first-order valence-electron chi connectivity index (χ1n) is 9.71. The Morgan fingerprint density at radius 1 is 0.968 bits per heavy atom. The highest BCUT2D eigenvalue weighted by Gasteiger charge is 2.14. The third-order valence-electron chi connectivity index (χ3n) is 4.89. The van der Waals surface area contributed by atoms with Gasteiger partial charge in [-0.2, -0.15) is 0 Å². The molecule has 0 fully saturated rings. The Kier molecular flexibility index (Phi) is 5.66. The summed E-state index contributed by atoms with van der Waals surface area (Å²) < 4.78 is 16.3. The van der Waals surface area contributed by atoms with Crippen molar-refractivity contribution >= 4 is 33.9 Å². The second-order valence-corrected chi connectivity index (χ2v) is 6.95. The molecule has 0 aliphatic heterocycles. The van der Waals surface area contributed by atoms with Crippen LogP contribution < -0.4 is 25.8 Å². The first-order chi connectivity index (χ1) is 15.1. The monoisotopic (exact) mass is 417 g/mol. The predicted octanol–water partition coefficient (Wildman–Crippen LogP) is 4.90. The van der Waals surface area contributed by atoms with Crippen LogP contribution in [0.3, 0.4) is 0 Å². The fourth-order valence-corrected chi connectivity index (χ4v) is 3.26. The normalized spacial score (nSPS) is 10.6. The second kappa shape index (κ2) is 8.71. The molecule has 0 radical (unpaired) electrons. The van der Waals surface area contributed by atoms with Gasteiger partial charge in [-0.25, -0.2) is 0 Å². The Hall–Kier alpha value is -4.13. The van der Waals surface area contributed by atoms with Crippen LogP contribution in [0.4, 0.5) is 17.1 Å². The maximum Gasteiger partial charge on any atom is 0.291 e. The number of anilines is 3. The Bertz CT molecular complexity index is 1230. The number of amides is 1. The third kappa shape index (κ3) is 4.40. The largest absolute Gasteiger partial charge is 0.493 e. The van der Waals surface area contributed by atoms with Crippen LogP contribution >= 0.6 is 0 Å². The molecule has 0 spiro atoms. The number of para-hydroxylation sites is 2. The van der Waals surface area contributed by atoms with Crippen molar-refractivity contribution < 1.29 is 18.7 Å². The number of nitrogen functional groups attached to an aromatic ring is 1. The van der Waals surface area contributed by atoms with Gasteiger partial charge in [-0.15, -0.1) is 0 Å². The molecular formula is C24H23N3O4. The average Bonchev–Trinajstić information content (AvgIpc) is 3.22. The number of hydrogen-bond donors (Lipinski definition) is 3. The van der Waals surface area contributed by atoms with Gasteiger partial charge in [-0.05, 0) is 48.0 Å². The van der Waals surface area contributed by atoms with Gasteiger partial charge in [0.25, 0.3) is 5.91 Å². The molecule has 0 atom stereocenters. The zero-order chi connectivity index (χ0) is 21.8. The molecule has 0 aliphatic carbocycles. The highest BCUT2D eigenvalue weighted by atomic mass is 16.5. The van der Waals surface area contributed by atoms with Gasteiger partial charge in [-0.1, -0.05) is 18.2 Å². The minimum atomic E-state index is -0.348. The number of carbonyl (C=O) groups excluding carboxylic acids is 1. The molecular weight excluding hydrogens is 394 g/mol. The standard InChI is InChI=1S/C24H23N3O4/c1-29-21-10-8-17(13-22(21)30-2)26-14-15-7-9-20-16(11-15)12-23(31-20)24(28)27-19-6-4-3-5-18(19)25/h3-13,26H,14,25H2,1-2H3,(H,27,28). The Morgan fingerprint density at radius 2 is 1.77 bits per heavy atom. The summed E-state index contributed by atoms with van der Waals surface area (Å²) in [6.45, 7) is 0.596. The lowest BCUT2D eigenvalue weighted by atomic mass is 10.1. The first-order valence-corrected chi connectivity index (χ1v) is 9.71. The molecule has 0 bridgehead atoms. The van der Waals surface area contributed by atoms with E-state index in [9.17, 15) is 4.79 Å². The summed E-state index contributed by atoms with van der Waals surface area (Å²) in [5.41, 5.74) is 9.53. The number of ether oxygens (including phenoxy) is 2. The van der Waals surface area contributed by atoms with E-state index in [-0.39, 0.29) is 11.7 Å². The Balaban J connectivity index is 1.47. The summed E-state index contributed by atoms with van der Waals surface area (Å²) >= 11 is 0. The third-order valence-corrected chi connectivity index (χ3v) is 4.89. The number of nitrogens with two attached hydrogens (primary N) is 1. The number of fused-ring (bicyclic) bond motifs is 1. The molecule has 3 aromatic carbocycles. The maximum atomic E-state index is 12.5. The molecule has 1 heterocycles. The molecule has 4 rings (SSSR count). The van der Waals surface area contributed by atoms with Crippen LogP contribution in [0.15, 0.2) is 71.1 Å². The van der Waals surface area contributed by atoms with Crippen molar-refractivity contribution in [2.24, 2.45) is 0 Å². The number of furan rings is 1. The molecule has 0 saturated carbocycles. The van der Waals surface area contributed by atoms with Crippen LogP contribution in [0.25, 0.3) is 11.0 Å². The lowest BCUT2D eigenvalue weighted by Gasteiger charge is -2.11. The van der Waals surface area contributed by atoms with Crippen LogP contribution in [-0.2, 0) is 6.54 Å². The van der Waals surface area contributed by atoms with E-state index in [1.54, 1.807) is 32.4 Å². The van der Waals surface area contributed by atoms with Gasteiger partial charge in [0.05, 0.1) is 25.6 Å². The van der Waals surface area contributed by atoms with Crippen molar-refractivity contribution in [2.75, 3.05) is 30.6 Å². The van der Waals surface area contributed by atoms with Gasteiger partial charge in [0.1, 0.15) is 5.58 Å². The topological polar surface area (TPSA) is 98.8 Å². The number of methoxy groups -OCH3 is 2. The summed E-state index contributed by atoms with van der Waals surface area (Å²) in [5.74, 6) is 1.21. The van der Waals surface area contributed by atoms with Gasteiger partial charge < -0.3 is 30.3 Å². The van der Waals surface area contributed by atoms with E-state index in [4.69, 9.17) is 19.6 Å². The predicted molar refractivity (Wildman–Crippen MR) is 122 cm³/mol. The highest BCUT2D eigenvalue weighted by Crippen LogP contribution is 2.30. The van der Waals surface area contributed by atoms with Crippen molar-refractivity contribution in [3.63, 3.8) is 0 Å². The Labute approximate surface area is 179 Å². The Morgan fingerprint density at radius 3 is 2.55 bits per heavy atom.